The van der Waals surface area contributed by atoms with E-state index in [1.165, 1.54) is 27.4 Å². The second kappa shape index (κ2) is 15.2. The maximum Gasteiger partial charge on any atom is 0.336 e. The van der Waals surface area contributed by atoms with Crippen molar-refractivity contribution in [3.8, 4) is 34.3 Å². The molecule has 0 bridgehead atoms. The number of hydrogen-bond donors (Lipinski definition) is 2. The van der Waals surface area contributed by atoms with Gasteiger partial charge in [-0.3, -0.25) is 4.68 Å². The molecule has 1 aromatic heterocycles. The van der Waals surface area contributed by atoms with E-state index in [0.717, 1.165) is 12.8 Å². The number of unbranched alkanes of at least 4 members (excludes halogenated alkanes) is 1. The summed E-state index contributed by atoms with van der Waals surface area (Å²) in [5, 5.41) is 24.9. The van der Waals surface area contributed by atoms with Gasteiger partial charge >= 0.3 is 11.9 Å². The van der Waals surface area contributed by atoms with Crippen molar-refractivity contribution in [2.75, 3.05) is 21.3 Å². The van der Waals surface area contributed by atoms with E-state index in [4.69, 9.17) is 30.5 Å². The fourth-order valence-corrected chi connectivity index (χ4v) is 5.11. The van der Waals surface area contributed by atoms with E-state index in [1.54, 1.807) is 54.7 Å². The van der Waals surface area contributed by atoms with Crippen molar-refractivity contribution < 1.29 is 38.7 Å². The Morgan fingerprint density at radius 1 is 0.933 bits per heavy atom. The molecule has 1 heterocycles. The van der Waals surface area contributed by atoms with Gasteiger partial charge in [-0.05, 0) is 36.8 Å². The largest absolute Gasteiger partial charge is 0.497 e. The molecule has 0 radical (unpaired) electrons. The quantitative estimate of drug-likeness (QED) is 0.133. The fraction of sp³-hybridized carbons (Fsp3) is 0.265. The second-order valence-corrected chi connectivity index (χ2v) is 10.5. The molecule has 2 N–H and O–H groups in total. The van der Waals surface area contributed by atoms with Crippen molar-refractivity contribution >= 4 is 29.6 Å². The lowest BCUT2D eigenvalue weighted by molar-refractivity contribution is -0.132. The Morgan fingerprint density at radius 3 is 2.36 bits per heavy atom. The number of nitrogens with zero attached hydrogens (tertiary/aromatic N) is 2. The first-order valence-electron chi connectivity index (χ1n) is 14.2. The summed E-state index contributed by atoms with van der Waals surface area (Å²) in [6, 6.07) is 15.2. The maximum atomic E-state index is 12.6. The lowest BCUT2D eigenvalue weighted by atomic mass is 9.99. The van der Waals surface area contributed by atoms with Crippen LogP contribution in [0.1, 0.15) is 46.8 Å². The normalized spacial score (nSPS) is 11.3. The third kappa shape index (κ3) is 7.77. The summed E-state index contributed by atoms with van der Waals surface area (Å²) in [5.74, 6) is -0.388. The Morgan fingerprint density at radius 2 is 1.69 bits per heavy atom. The van der Waals surface area contributed by atoms with Crippen LogP contribution in [0.5, 0.6) is 23.0 Å². The van der Waals surface area contributed by atoms with Crippen molar-refractivity contribution in [2.45, 2.75) is 39.3 Å². The topological polar surface area (TPSA) is 129 Å². The number of aromatic carboxylic acids is 1. The third-order valence-electron chi connectivity index (χ3n) is 7.21. The zero-order chi connectivity index (χ0) is 32.5. The third-order valence-corrected chi connectivity index (χ3v) is 7.50. The van der Waals surface area contributed by atoms with Gasteiger partial charge in [0, 0.05) is 52.9 Å². The first-order chi connectivity index (χ1) is 21.7. The minimum atomic E-state index is -1.12. The summed E-state index contributed by atoms with van der Waals surface area (Å²) in [4.78, 5) is 24.4. The van der Waals surface area contributed by atoms with Crippen LogP contribution in [-0.4, -0.2) is 53.3 Å². The molecule has 0 spiro atoms. The molecule has 0 amide bonds. The lowest BCUT2D eigenvalue weighted by Gasteiger charge is -2.16. The van der Waals surface area contributed by atoms with Crippen molar-refractivity contribution in [3.63, 3.8) is 0 Å². The number of methoxy groups -OCH3 is 3. The van der Waals surface area contributed by atoms with Gasteiger partial charge in [0.25, 0.3) is 0 Å². The molecule has 0 aliphatic rings. The summed E-state index contributed by atoms with van der Waals surface area (Å²) in [5.41, 5.74) is 3.14. The predicted octanol–water partition coefficient (Wildman–Crippen LogP) is 7.02. The number of carboxylic acid groups (broad SMARTS) is 2. The summed E-state index contributed by atoms with van der Waals surface area (Å²) in [6.07, 6.45) is 4.98. The Labute approximate surface area is 266 Å². The van der Waals surface area contributed by atoms with Gasteiger partial charge < -0.3 is 29.2 Å². The predicted molar refractivity (Wildman–Crippen MR) is 171 cm³/mol. The van der Waals surface area contributed by atoms with Crippen molar-refractivity contribution in [2.24, 2.45) is 0 Å². The molecule has 0 saturated carbocycles. The number of halogens is 1. The fourth-order valence-electron chi connectivity index (χ4n) is 4.88. The Hall–Kier alpha value is -4.96. The summed E-state index contributed by atoms with van der Waals surface area (Å²) >= 11 is 6.27. The van der Waals surface area contributed by atoms with Gasteiger partial charge in [0.2, 0.25) is 0 Å². The first kappa shape index (κ1) is 32.9. The van der Waals surface area contributed by atoms with Crippen LogP contribution in [-0.2, 0) is 24.4 Å². The average molecular weight is 635 g/mol. The number of benzene rings is 3. The van der Waals surface area contributed by atoms with Crippen LogP contribution in [0.4, 0.5) is 0 Å². The molecule has 0 saturated heterocycles. The number of rotatable bonds is 15. The van der Waals surface area contributed by atoms with Crippen LogP contribution < -0.4 is 18.9 Å². The average Bonchev–Trinajstić information content (AvgIpc) is 3.44. The van der Waals surface area contributed by atoms with Crippen LogP contribution in [0.25, 0.3) is 17.3 Å². The van der Waals surface area contributed by atoms with E-state index in [9.17, 15) is 19.8 Å². The minimum absolute atomic E-state index is 0.0174. The Bertz CT molecular complexity index is 1710. The molecule has 3 aromatic carbocycles. The van der Waals surface area contributed by atoms with Crippen molar-refractivity contribution in [1.29, 1.82) is 0 Å². The number of aliphatic carboxylic acids is 1. The van der Waals surface area contributed by atoms with Crippen LogP contribution >= 0.6 is 11.6 Å². The van der Waals surface area contributed by atoms with Crippen LogP contribution in [0.15, 0.2) is 66.4 Å². The van der Waals surface area contributed by atoms with E-state index in [-0.39, 0.29) is 24.2 Å². The lowest BCUT2D eigenvalue weighted by Crippen LogP contribution is -2.08. The summed E-state index contributed by atoms with van der Waals surface area (Å²) in [6.45, 7) is 2.63. The summed E-state index contributed by atoms with van der Waals surface area (Å²) in [7, 11) is 4.51. The SMILES string of the molecule is CCCCn1ncc(/C=C(/Cc2cc(OC)c(Cl)cc2OC)C(=O)O)c1-c1ccc(OC)cc1OCc1ccccc1C(=O)O. The van der Waals surface area contributed by atoms with Crippen LogP contribution in [0, 0.1) is 0 Å². The first-order valence-corrected chi connectivity index (χ1v) is 14.6. The molecule has 236 valence electrons. The van der Waals surface area contributed by atoms with E-state index < -0.39 is 11.9 Å². The molecule has 11 heteroatoms. The minimum Gasteiger partial charge on any atom is -0.497 e. The number of carbonyl (C=O) groups is 2. The molecule has 0 aliphatic carbocycles. The highest BCUT2D eigenvalue weighted by atomic mass is 35.5. The van der Waals surface area contributed by atoms with Gasteiger partial charge in [0.05, 0.1) is 43.8 Å². The van der Waals surface area contributed by atoms with E-state index in [2.05, 4.69) is 12.0 Å². The number of hydrogen-bond acceptors (Lipinski definition) is 7. The molecule has 0 atom stereocenters. The monoisotopic (exact) mass is 634 g/mol. The molecule has 4 aromatic rings. The number of aryl methyl sites for hydroxylation is 1. The Kier molecular flexibility index (Phi) is 11.1. The molecular formula is C34H35ClN2O8. The van der Waals surface area contributed by atoms with Gasteiger partial charge in [-0.1, -0.05) is 43.1 Å². The molecule has 4 rings (SSSR count). The molecule has 0 aliphatic heterocycles. The van der Waals surface area contributed by atoms with Gasteiger partial charge in [-0.15, -0.1) is 0 Å². The van der Waals surface area contributed by atoms with Crippen molar-refractivity contribution in [1.82, 2.24) is 9.78 Å². The zero-order valence-corrected chi connectivity index (χ0v) is 26.3. The Balaban J connectivity index is 1.83. The van der Waals surface area contributed by atoms with E-state index in [1.807, 2.05) is 10.7 Å². The highest BCUT2D eigenvalue weighted by molar-refractivity contribution is 6.32. The number of aromatic nitrogens is 2. The van der Waals surface area contributed by atoms with E-state index >= 15 is 0 Å². The van der Waals surface area contributed by atoms with Gasteiger partial charge in [-0.2, -0.15) is 5.10 Å². The van der Waals surface area contributed by atoms with Gasteiger partial charge in [0.1, 0.15) is 29.6 Å². The molecule has 45 heavy (non-hydrogen) atoms. The maximum absolute atomic E-state index is 12.6. The highest BCUT2D eigenvalue weighted by Gasteiger charge is 2.21. The molecule has 0 fully saturated rings. The van der Waals surface area contributed by atoms with Gasteiger partial charge in [0.15, 0.2) is 0 Å². The summed E-state index contributed by atoms with van der Waals surface area (Å²) < 4.78 is 24.4. The van der Waals surface area contributed by atoms with E-state index in [0.29, 0.717) is 62.5 Å². The smallest absolute Gasteiger partial charge is 0.336 e. The second-order valence-electron chi connectivity index (χ2n) is 10.1. The van der Waals surface area contributed by atoms with Gasteiger partial charge in [-0.25, -0.2) is 9.59 Å². The number of ether oxygens (including phenoxy) is 4. The zero-order valence-electron chi connectivity index (χ0n) is 25.5. The van der Waals surface area contributed by atoms with Crippen LogP contribution in [0.3, 0.4) is 0 Å². The highest BCUT2D eigenvalue weighted by Crippen LogP contribution is 2.38. The molecular weight excluding hydrogens is 600 g/mol. The molecule has 10 nitrogen and oxygen atoms in total. The van der Waals surface area contributed by atoms with Crippen LogP contribution in [0.2, 0.25) is 5.02 Å². The van der Waals surface area contributed by atoms with Crippen molar-refractivity contribution in [3.05, 3.63) is 93.6 Å². The number of carboxylic acids is 2. The molecule has 0 unspecified atom stereocenters. The standard InChI is InChI=1S/C34H35ClN2O8/c1-5-6-13-37-32(27-12-11-25(42-2)17-30(27)45-20-21-9-7-8-10-26(21)34(40)41)24(19-36-37)15-23(33(38)39)14-22-16-31(44-4)28(35)18-29(22)43-3/h7-12,15-19H,5-6,13-14,20H2,1-4H3,(H,38,39)(H,40,41)/b23-15-.